The molecule has 0 fully saturated rings. The monoisotopic (exact) mass is 224 g/mol. The van der Waals surface area contributed by atoms with Gasteiger partial charge in [-0.2, -0.15) is 0 Å². The van der Waals surface area contributed by atoms with Crippen LogP contribution in [0, 0.1) is 0 Å². The maximum absolute atomic E-state index is 11.5. The Kier molecular flexibility index (Phi) is 6.95. The fourth-order valence-electron chi connectivity index (χ4n) is 2.01. The van der Waals surface area contributed by atoms with Gasteiger partial charge in [-0.3, -0.25) is 4.79 Å². The SMILES string of the molecule is CCCCCC(=O)OC1CC/C=C\CCC1. The smallest absolute Gasteiger partial charge is 0.306 e. The zero-order valence-electron chi connectivity index (χ0n) is 10.4. The molecule has 0 N–H and O–H groups in total. The molecule has 0 radical (unpaired) electrons. The second-order valence-electron chi connectivity index (χ2n) is 4.55. The lowest BCUT2D eigenvalue weighted by molar-refractivity contribution is -0.149. The number of carbonyl (C=O) groups is 1. The molecule has 0 aliphatic heterocycles. The van der Waals surface area contributed by atoms with Crippen LogP contribution in [-0.2, 0) is 9.53 Å². The van der Waals surface area contributed by atoms with Gasteiger partial charge in [-0.05, 0) is 38.5 Å². The molecule has 1 aliphatic rings. The Morgan fingerprint density at radius 3 is 2.88 bits per heavy atom. The second kappa shape index (κ2) is 8.37. The molecule has 1 aliphatic carbocycles. The Hall–Kier alpha value is -0.790. The molecule has 2 heteroatoms. The van der Waals surface area contributed by atoms with Crippen LogP contribution in [-0.4, -0.2) is 12.1 Å². The molecule has 0 saturated heterocycles. The fourth-order valence-corrected chi connectivity index (χ4v) is 2.01. The van der Waals surface area contributed by atoms with E-state index in [1.54, 1.807) is 0 Å². The van der Waals surface area contributed by atoms with Gasteiger partial charge < -0.3 is 4.74 Å². The number of hydrogen-bond donors (Lipinski definition) is 0. The van der Waals surface area contributed by atoms with Crippen molar-refractivity contribution < 1.29 is 9.53 Å². The molecule has 0 bridgehead atoms. The Bertz CT molecular complexity index is 221. The minimum atomic E-state index is 0.00278. The number of rotatable bonds is 5. The molecule has 92 valence electrons. The Morgan fingerprint density at radius 2 is 2.06 bits per heavy atom. The Balaban J connectivity index is 2.18. The lowest BCUT2D eigenvalue weighted by Gasteiger charge is -2.18. The standard InChI is InChI=1S/C14H24O2/c1-2-3-7-12-14(15)16-13-10-8-5-4-6-9-11-13/h4-5,13H,2-3,6-12H2,1H3/b5-4-. The van der Waals surface area contributed by atoms with Gasteiger partial charge >= 0.3 is 5.97 Å². The summed E-state index contributed by atoms with van der Waals surface area (Å²) >= 11 is 0. The number of ether oxygens (including phenoxy) is 1. The summed E-state index contributed by atoms with van der Waals surface area (Å²) in [5, 5.41) is 0. The molecule has 0 aromatic rings. The third kappa shape index (κ3) is 5.94. The summed E-state index contributed by atoms with van der Waals surface area (Å²) in [6.07, 6.45) is 13.8. The van der Waals surface area contributed by atoms with Crippen molar-refractivity contribution in [1.29, 1.82) is 0 Å². The first-order valence-electron chi connectivity index (χ1n) is 6.67. The minimum absolute atomic E-state index is 0.00278. The van der Waals surface area contributed by atoms with E-state index in [1.165, 1.54) is 0 Å². The predicted molar refractivity (Wildman–Crippen MR) is 66.2 cm³/mol. The summed E-state index contributed by atoms with van der Waals surface area (Å²) in [5.41, 5.74) is 0. The van der Waals surface area contributed by atoms with Crippen molar-refractivity contribution >= 4 is 5.97 Å². The van der Waals surface area contributed by atoms with E-state index in [0.29, 0.717) is 6.42 Å². The van der Waals surface area contributed by atoms with Gasteiger partial charge in [-0.1, -0.05) is 31.9 Å². The quantitative estimate of drug-likeness (QED) is 0.401. The van der Waals surface area contributed by atoms with Crippen LogP contribution in [0.1, 0.15) is 64.7 Å². The van der Waals surface area contributed by atoms with Crippen LogP contribution in [0.5, 0.6) is 0 Å². The summed E-state index contributed by atoms with van der Waals surface area (Å²) in [5.74, 6) is 0.00278. The second-order valence-corrected chi connectivity index (χ2v) is 4.55. The zero-order chi connectivity index (χ0) is 11.6. The van der Waals surface area contributed by atoms with E-state index >= 15 is 0 Å². The molecule has 1 rings (SSSR count). The zero-order valence-corrected chi connectivity index (χ0v) is 10.4. The Labute approximate surface area is 99.1 Å². The first-order chi connectivity index (χ1) is 7.83. The Morgan fingerprint density at radius 1 is 1.25 bits per heavy atom. The third-order valence-electron chi connectivity index (χ3n) is 3.00. The molecule has 16 heavy (non-hydrogen) atoms. The van der Waals surface area contributed by atoms with Crippen molar-refractivity contribution in [1.82, 2.24) is 0 Å². The normalized spacial score (nSPS) is 23.2. The predicted octanol–water partition coefficient (Wildman–Crippen LogP) is 4.00. The summed E-state index contributed by atoms with van der Waals surface area (Å²) < 4.78 is 5.50. The summed E-state index contributed by atoms with van der Waals surface area (Å²) in [6.45, 7) is 2.15. The highest BCUT2D eigenvalue weighted by molar-refractivity contribution is 5.69. The van der Waals surface area contributed by atoms with Crippen molar-refractivity contribution in [3.8, 4) is 0 Å². The van der Waals surface area contributed by atoms with Crippen LogP contribution in [0.3, 0.4) is 0 Å². The number of hydrogen-bond acceptors (Lipinski definition) is 2. The van der Waals surface area contributed by atoms with Gasteiger partial charge in [0.1, 0.15) is 6.10 Å². The van der Waals surface area contributed by atoms with Crippen molar-refractivity contribution in [2.45, 2.75) is 70.8 Å². The molecule has 1 unspecified atom stereocenters. The van der Waals surface area contributed by atoms with Crippen molar-refractivity contribution in [2.24, 2.45) is 0 Å². The van der Waals surface area contributed by atoms with Crippen LogP contribution < -0.4 is 0 Å². The third-order valence-corrected chi connectivity index (χ3v) is 3.00. The van der Waals surface area contributed by atoms with Gasteiger partial charge in [0.05, 0.1) is 0 Å². The molecule has 2 nitrogen and oxygen atoms in total. The average molecular weight is 224 g/mol. The van der Waals surface area contributed by atoms with Crippen LogP contribution in [0.15, 0.2) is 12.2 Å². The molecule has 0 aromatic carbocycles. The average Bonchev–Trinajstić information content (AvgIpc) is 2.22. The van der Waals surface area contributed by atoms with E-state index in [1.807, 2.05) is 0 Å². The summed E-state index contributed by atoms with van der Waals surface area (Å²) in [6, 6.07) is 0. The van der Waals surface area contributed by atoms with E-state index in [4.69, 9.17) is 4.74 Å². The van der Waals surface area contributed by atoms with E-state index in [9.17, 15) is 4.79 Å². The minimum Gasteiger partial charge on any atom is -0.462 e. The highest BCUT2D eigenvalue weighted by atomic mass is 16.5. The molecule has 0 aromatic heterocycles. The van der Waals surface area contributed by atoms with E-state index < -0.39 is 0 Å². The lowest BCUT2D eigenvalue weighted by atomic mass is 10.0. The molecular formula is C14H24O2. The van der Waals surface area contributed by atoms with Crippen LogP contribution in [0.2, 0.25) is 0 Å². The van der Waals surface area contributed by atoms with Gasteiger partial charge in [0.2, 0.25) is 0 Å². The van der Waals surface area contributed by atoms with Gasteiger partial charge in [0.25, 0.3) is 0 Å². The molecule has 0 saturated carbocycles. The highest BCUT2D eigenvalue weighted by Gasteiger charge is 2.14. The fraction of sp³-hybridized carbons (Fsp3) is 0.786. The van der Waals surface area contributed by atoms with E-state index in [0.717, 1.165) is 51.4 Å². The van der Waals surface area contributed by atoms with Crippen LogP contribution in [0.4, 0.5) is 0 Å². The van der Waals surface area contributed by atoms with Crippen molar-refractivity contribution in [3.05, 3.63) is 12.2 Å². The molecular weight excluding hydrogens is 200 g/mol. The summed E-state index contributed by atoms with van der Waals surface area (Å²) in [7, 11) is 0. The first-order valence-corrected chi connectivity index (χ1v) is 6.67. The van der Waals surface area contributed by atoms with E-state index in [-0.39, 0.29) is 12.1 Å². The number of esters is 1. The molecule has 1 atom stereocenters. The van der Waals surface area contributed by atoms with Gasteiger partial charge in [-0.25, -0.2) is 0 Å². The summed E-state index contributed by atoms with van der Waals surface area (Å²) in [4.78, 5) is 11.5. The largest absolute Gasteiger partial charge is 0.462 e. The highest BCUT2D eigenvalue weighted by Crippen LogP contribution is 2.16. The number of carbonyl (C=O) groups excluding carboxylic acids is 1. The number of allylic oxidation sites excluding steroid dienone is 2. The van der Waals surface area contributed by atoms with E-state index in [2.05, 4.69) is 19.1 Å². The van der Waals surface area contributed by atoms with Crippen molar-refractivity contribution in [3.63, 3.8) is 0 Å². The first kappa shape index (κ1) is 13.3. The van der Waals surface area contributed by atoms with Crippen LogP contribution >= 0.6 is 0 Å². The molecule has 0 amide bonds. The van der Waals surface area contributed by atoms with Gasteiger partial charge in [-0.15, -0.1) is 0 Å². The van der Waals surface area contributed by atoms with Crippen molar-refractivity contribution in [2.75, 3.05) is 0 Å². The maximum atomic E-state index is 11.5. The topological polar surface area (TPSA) is 26.3 Å². The van der Waals surface area contributed by atoms with Crippen LogP contribution in [0.25, 0.3) is 0 Å². The van der Waals surface area contributed by atoms with Gasteiger partial charge in [0, 0.05) is 6.42 Å². The molecule has 0 heterocycles. The lowest BCUT2D eigenvalue weighted by Crippen LogP contribution is -2.18. The van der Waals surface area contributed by atoms with Gasteiger partial charge in [0.15, 0.2) is 0 Å². The number of unbranched alkanes of at least 4 members (excludes halogenated alkanes) is 2. The molecule has 0 spiro atoms. The maximum Gasteiger partial charge on any atom is 0.306 e.